The van der Waals surface area contributed by atoms with E-state index in [-0.39, 0.29) is 5.97 Å². The van der Waals surface area contributed by atoms with E-state index in [0.29, 0.717) is 11.3 Å². The van der Waals surface area contributed by atoms with Crippen molar-refractivity contribution in [3.63, 3.8) is 0 Å². The molecule has 4 heteroatoms. The van der Waals surface area contributed by atoms with Crippen LogP contribution >= 0.6 is 0 Å². The molecule has 1 heterocycles. The lowest BCUT2D eigenvalue weighted by atomic mass is 10.0. The van der Waals surface area contributed by atoms with Gasteiger partial charge in [0.15, 0.2) is 0 Å². The number of rotatable bonds is 3. The van der Waals surface area contributed by atoms with E-state index in [1.165, 1.54) is 7.11 Å². The van der Waals surface area contributed by atoms with Gasteiger partial charge in [-0.3, -0.25) is 0 Å². The molecule has 3 rings (SSSR count). The Morgan fingerprint density at radius 3 is 2.62 bits per heavy atom. The van der Waals surface area contributed by atoms with Gasteiger partial charge >= 0.3 is 5.97 Å². The van der Waals surface area contributed by atoms with Crippen LogP contribution in [-0.4, -0.2) is 25.2 Å². The number of ether oxygens (including phenoxy) is 2. The van der Waals surface area contributed by atoms with Crippen molar-refractivity contribution in [3.8, 4) is 16.9 Å². The number of nitrogens with one attached hydrogen (secondary N) is 1. The third-order valence-corrected chi connectivity index (χ3v) is 3.45. The average Bonchev–Trinajstić information content (AvgIpc) is 3.01. The second kappa shape index (κ2) is 5.32. The number of fused-ring (bicyclic) bond motifs is 1. The first-order chi connectivity index (χ1) is 10.2. The van der Waals surface area contributed by atoms with Crippen molar-refractivity contribution in [2.24, 2.45) is 0 Å². The minimum Gasteiger partial charge on any atom is -0.497 e. The van der Waals surface area contributed by atoms with Crippen LogP contribution in [0.2, 0.25) is 0 Å². The van der Waals surface area contributed by atoms with Gasteiger partial charge in [-0.05, 0) is 52.9 Å². The smallest absolute Gasteiger partial charge is 0.338 e. The van der Waals surface area contributed by atoms with E-state index in [1.807, 2.05) is 36.5 Å². The topological polar surface area (TPSA) is 51.3 Å². The zero-order valence-electron chi connectivity index (χ0n) is 11.8. The van der Waals surface area contributed by atoms with Crippen molar-refractivity contribution < 1.29 is 14.3 Å². The number of hydrogen-bond donors (Lipinski definition) is 1. The lowest BCUT2D eigenvalue weighted by Crippen LogP contribution is -2.02. The van der Waals surface area contributed by atoms with Crippen LogP contribution in [0, 0.1) is 0 Å². The van der Waals surface area contributed by atoms with Gasteiger partial charge in [0.25, 0.3) is 0 Å². The minimum atomic E-state index is -0.377. The summed E-state index contributed by atoms with van der Waals surface area (Å²) in [5.74, 6) is 0.250. The Balaban J connectivity index is 2.13. The molecule has 0 aliphatic heterocycles. The van der Waals surface area contributed by atoms with Crippen LogP contribution in [0.5, 0.6) is 5.75 Å². The molecule has 21 heavy (non-hydrogen) atoms. The van der Waals surface area contributed by atoms with Crippen LogP contribution in [0.4, 0.5) is 0 Å². The number of benzene rings is 2. The molecule has 1 aromatic heterocycles. The predicted octanol–water partition coefficient (Wildman–Crippen LogP) is 3.63. The highest BCUT2D eigenvalue weighted by atomic mass is 16.5. The van der Waals surface area contributed by atoms with Gasteiger partial charge in [0.2, 0.25) is 0 Å². The van der Waals surface area contributed by atoms with Gasteiger partial charge in [-0.1, -0.05) is 6.07 Å². The molecule has 0 amide bonds. The van der Waals surface area contributed by atoms with Crippen LogP contribution in [0.3, 0.4) is 0 Å². The molecule has 0 unspecified atom stereocenters. The van der Waals surface area contributed by atoms with E-state index in [1.54, 1.807) is 13.2 Å². The number of esters is 1. The van der Waals surface area contributed by atoms with Gasteiger partial charge in [0.1, 0.15) is 5.75 Å². The second-order valence-corrected chi connectivity index (χ2v) is 4.72. The Hall–Kier alpha value is -2.75. The summed E-state index contributed by atoms with van der Waals surface area (Å²) < 4.78 is 10.1. The van der Waals surface area contributed by atoms with Gasteiger partial charge < -0.3 is 14.5 Å². The monoisotopic (exact) mass is 281 g/mol. The third kappa shape index (κ3) is 2.48. The first kappa shape index (κ1) is 13.2. The lowest BCUT2D eigenvalue weighted by Gasteiger charge is -2.08. The quantitative estimate of drug-likeness (QED) is 0.746. The zero-order chi connectivity index (χ0) is 14.8. The molecule has 0 saturated carbocycles. The fraction of sp³-hybridized carbons (Fsp3) is 0.118. The zero-order valence-corrected chi connectivity index (χ0v) is 11.8. The highest BCUT2D eigenvalue weighted by Gasteiger charge is 2.11. The van der Waals surface area contributed by atoms with Crippen molar-refractivity contribution in [2.75, 3.05) is 14.2 Å². The number of carbonyl (C=O) groups is 1. The number of aromatic amines is 1. The van der Waals surface area contributed by atoms with E-state index in [9.17, 15) is 4.79 Å². The maximum atomic E-state index is 11.8. The third-order valence-electron chi connectivity index (χ3n) is 3.45. The number of H-pyrrole nitrogens is 1. The number of carbonyl (C=O) groups excluding carboxylic acids is 1. The largest absolute Gasteiger partial charge is 0.497 e. The highest BCUT2D eigenvalue weighted by molar-refractivity contribution is 5.92. The SMILES string of the molecule is COC(=O)c1cc(OC)cc(-c2ccc3[nH]ccc3c2)c1. The van der Waals surface area contributed by atoms with Gasteiger partial charge in [-0.25, -0.2) is 4.79 Å². The number of aromatic nitrogens is 1. The molecule has 0 radical (unpaired) electrons. The van der Waals surface area contributed by atoms with Crippen LogP contribution in [0.25, 0.3) is 22.0 Å². The molecule has 0 saturated heterocycles. The van der Waals surface area contributed by atoms with Crippen molar-refractivity contribution in [1.82, 2.24) is 4.98 Å². The minimum absolute atomic E-state index is 0.377. The van der Waals surface area contributed by atoms with E-state index < -0.39 is 0 Å². The Morgan fingerprint density at radius 2 is 1.86 bits per heavy atom. The van der Waals surface area contributed by atoms with Crippen LogP contribution in [0.1, 0.15) is 10.4 Å². The molecular formula is C17H15NO3. The molecular weight excluding hydrogens is 266 g/mol. The van der Waals surface area contributed by atoms with Crippen molar-refractivity contribution in [1.29, 1.82) is 0 Å². The molecule has 4 nitrogen and oxygen atoms in total. The Labute approximate surface area is 122 Å². The summed E-state index contributed by atoms with van der Waals surface area (Å²) in [6.07, 6.45) is 1.90. The van der Waals surface area contributed by atoms with Crippen molar-refractivity contribution in [3.05, 3.63) is 54.2 Å². The molecule has 0 atom stereocenters. The molecule has 0 spiro atoms. The summed E-state index contributed by atoms with van der Waals surface area (Å²) >= 11 is 0. The summed E-state index contributed by atoms with van der Waals surface area (Å²) in [5, 5.41) is 1.12. The summed E-state index contributed by atoms with van der Waals surface area (Å²) in [6, 6.07) is 13.5. The standard InChI is InChI=1S/C17H15NO3/c1-20-15-9-13(8-14(10-15)17(19)21-2)11-3-4-16-12(7-11)5-6-18-16/h3-10,18H,1-2H3. The summed E-state index contributed by atoms with van der Waals surface area (Å²) in [5.41, 5.74) is 3.49. The van der Waals surface area contributed by atoms with E-state index in [2.05, 4.69) is 11.1 Å². The molecule has 2 aromatic carbocycles. The molecule has 0 bridgehead atoms. The number of methoxy groups -OCH3 is 2. The van der Waals surface area contributed by atoms with Crippen molar-refractivity contribution in [2.45, 2.75) is 0 Å². The number of hydrogen-bond acceptors (Lipinski definition) is 3. The molecule has 1 N–H and O–H groups in total. The molecule has 0 aliphatic rings. The Kier molecular flexibility index (Phi) is 3.36. The van der Waals surface area contributed by atoms with E-state index in [4.69, 9.17) is 9.47 Å². The second-order valence-electron chi connectivity index (χ2n) is 4.72. The van der Waals surface area contributed by atoms with Crippen LogP contribution in [0.15, 0.2) is 48.7 Å². The van der Waals surface area contributed by atoms with Gasteiger partial charge in [-0.2, -0.15) is 0 Å². The maximum absolute atomic E-state index is 11.8. The van der Waals surface area contributed by atoms with Gasteiger partial charge in [0, 0.05) is 11.7 Å². The Bertz CT molecular complexity index is 805. The fourth-order valence-electron chi connectivity index (χ4n) is 2.35. The maximum Gasteiger partial charge on any atom is 0.338 e. The first-order valence-electron chi connectivity index (χ1n) is 6.56. The molecule has 3 aromatic rings. The summed E-state index contributed by atoms with van der Waals surface area (Å²) in [6.45, 7) is 0. The summed E-state index contributed by atoms with van der Waals surface area (Å²) in [7, 11) is 2.95. The Morgan fingerprint density at radius 1 is 1.00 bits per heavy atom. The van der Waals surface area contributed by atoms with E-state index >= 15 is 0 Å². The predicted molar refractivity (Wildman–Crippen MR) is 81.6 cm³/mol. The van der Waals surface area contributed by atoms with Crippen LogP contribution < -0.4 is 4.74 Å². The normalized spacial score (nSPS) is 10.6. The van der Waals surface area contributed by atoms with Gasteiger partial charge in [-0.15, -0.1) is 0 Å². The highest BCUT2D eigenvalue weighted by Crippen LogP contribution is 2.28. The molecule has 0 fully saturated rings. The van der Waals surface area contributed by atoms with Crippen LogP contribution in [-0.2, 0) is 4.74 Å². The molecule has 106 valence electrons. The van der Waals surface area contributed by atoms with Crippen molar-refractivity contribution >= 4 is 16.9 Å². The lowest BCUT2D eigenvalue weighted by molar-refractivity contribution is 0.0600. The first-order valence-corrected chi connectivity index (χ1v) is 6.56. The van der Waals surface area contributed by atoms with E-state index in [0.717, 1.165) is 22.0 Å². The average molecular weight is 281 g/mol. The summed E-state index contributed by atoms with van der Waals surface area (Å²) in [4.78, 5) is 14.9. The molecule has 0 aliphatic carbocycles. The fourth-order valence-corrected chi connectivity index (χ4v) is 2.35. The van der Waals surface area contributed by atoms with Gasteiger partial charge in [0.05, 0.1) is 19.8 Å².